The van der Waals surface area contributed by atoms with Crippen LogP contribution in [0.5, 0.6) is 0 Å². The first-order valence-electron chi connectivity index (χ1n) is 8.44. The van der Waals surface area contributed by atoms with E-state index in [1.807, 2.05) is 6.92 Å². The fourth-order valence-corrected chi connectivity index (χ4v) is 2.76. The molecule has 0 spiro atoms. The number of guanidine groups is 1. The van der Waals surface area contributed by atoms with Crippen molar-refractivity contribution in [1.29, 1.82) is 0 Å². The molecule has 0 aliphatic rings. The highest BCUT2D eigenvalue weighted by Gasteiger charge is 2.05. The van der Waals surface area contributed by atoms with Crippen LogP contribution in [0.1, 0.15) is 30.0 Å². The van der Waals surface area contributed by atoms with Crippen LogP contribution in [0.3, 0.4) is 0 Å². The minimum atomic E-state index is -0.0187. The molecule has 0 saturated heterocycles. The Kier molecular flexibility index (Phi) is 10.1. The zero-order valence-corrected chi connectivity index (χ0v) is 16.0. The normalized spacial score (nSPS) is 11.4. The topological polar surface area (TPSA) is 66.0 Å². The van der Waals surface area contributed by atoms with Gasteiger partial charge in [-0.25, -0.2) is 4.99 Å². The van der Waals surface area contributed by atoms with E-state index in [1.54, 1.807) is 30.3 Å². The molecule has 0 atom stereocenters. The second-order valence-corrected chi connectivity index (χ2v) is 6.76. The van der Waals surface area contributed by atoms with Crippen molar-refractivity contribution in [2.75, 3.05) is 40.4 Å². The van der Waals surface area contributed by atoms with Crippen LogP contribution in [0.2, 0.25) is 0 Å². The highest BCUT2D eigenvalue weighted by Crippen LogP contribution is 2.16. The summed E-state index contributed by atoms with van der Waals surface area (Å²) in [6.45, 7) is 7.19. The number of carbonyl (C=O) groups excluding carboxylic acids is 1. The average Bonchev–Trinajstić information content (AvgIpc) is 3.04. The van der Waals surface area contributed by atoms with Gasteiger partial charge < -0.3 is 20.3 Å². The Morgan fingerprint density at radius 3 is 2.62 bits per heavy atom. The number of likely N-dealkylation sites (N-methyl/N-ethyl adjacent to an activating group) is 1. The maximum absolute atomic E-state index is 11.7. The van der Waals surface area contributed by atoms with Gasteiger partial charge in [-0.3, -0.25) is 4.79 Å². The number of rotatable bonds is 10. The molecule has 136 valence electrons. The van der Waals surface area contributed by atoms with Crippen molar-refractivity contribution in [2.45, 2.75) is 33.2 Å². The summed E-state index contributed by atoms with van der Waals surface area (Å²) in [6.07, 6.45) is 1.95. The molecular weight excluding hydrogens is 324 g/mol. The SMILES string of the molecule is CCOCCCNC(=NCC(=O)N(C)C)NCc1ccc(CC)s1. The molecule has 0 aromatic carbocycles. The van der Waals surface area contributed by atoms with Crippen molar-refractivity contribution in [1.82, 2.24) is 15.5 Å². The largest absolute Gasteiger partial charge is 0.382 e. The highest BCUT2D eigenvalue weighted by molar-refractivity contribution is 7.11. The van der Waals surface area contributed by atoms with Crippen LogP contribution in [-0.4, -0.2) is 57.2 Å². The van der Waals surface area contributed by atoms with Crippen molar-refractivity contribution in [2.24, 2.45) is 4.99 Å². The lowest BCUT2D eigenvalue weighted by molar-refractivity contribution is -0.127. The molecule has 0 fully saturated rings. The summed E-state index contributed by atoms with van der Waals surface area (Å²) < 4.78 is 5.33. The van der Waals surface area contributed by atoms with Gasteiger partial charge in [-0.15, -0.1) is 11.3 Å². The first-order valence-corrected chi connectivity index (χ1v) is 9.26. The molecule has 1 aromatic heterocycles. The molecule has 0 unspecified atom stereocenters. The van der Waals surface area contributed by atoms with Crippen molar-refractivity contribution < 1.29 is 9.53 Å². The zero-order chi connectivity index (χ0) is 17.8. The summed E-state index contributed by atoms with van der Waals surface area (Å²) in [5, 5.41) is 6.55. The van der Waals surface area contributed by atoms with Crippen molar-refractivity contribution in [3.05, 3.63) is 21.9 Å². The Morgan fingerprint density at radius 2 is 2.00 bits per heavy atom. The van der Waals surface area contributed by atoms with Crippen molar-refractivity contribution in [3.63, 3.8) is 0 Å². The van der Waals surface area contributed by atoms with E-state index in [-0.39, 0.29) is 12.5 Å². The van der Waals surface area contributed by atoms with Crippen LogP contribution < -0.4 is 10.6 Å². The van der Waals surface area contributed by atoms with E-state index in [0.717, 1.165) is 32.6 Å². The van der Waals surface area contributed by atoms with Crippen LogP contribution in [-0.2, 0) is 22.5 Å². The van der Waals surface area contributed by atoms with E-state index in [0.29, 0.717) is 12.5 Å². The van der Waals surface area contributed by atoms with Gasteiger partial charge in [0.05, 0.1) is 6.54 Å². The molecule has 24 heavy (non-hydrogen) atoms. The number of nitrogens with zero attached hydrogens (tertiary/aromatic N) is 2. The number of hydrogen-bond donors (Lipinski definition) is 2. The maximum Gasteiger partial charge on any atom is 0.243 e. The summed E-state index contributed by atoms with van der Waals surface area (Å²) in [6, 6.07) is 4.29. The third kappa shape index (κ3) is 8.31. The van der Waals surface area contributed by atoms with Crippen LogP contribution in [0.4, 0.5) is 0 Å². The third-order valence-corrected chi connectivity index (χ3v) is 4.56. The number of carbonyl (C=O) groups is 1. The van der Waals surface area contributed by atoms with Gasteiger partial charge in [0.1, 0.15) is 6.54 Å². The number of amides is 1. The Labute approximate surface area is 149 Å². The first-order chi connectivity index (χ1) is 11.6. The van der Waals surface area contributed by atoms with E-state index in [1.165, 1.54) is 9.75 Å². The van der Waals surface area contributed by atoms with E-state index in [9.17, 15) is 4.79 Å². The molecule has 1 aromatic rings. The fraction of sp³-hybridized carbons (Fsp3) is 0.647. The molecule has 6 nitrogen and oxygen atoms in total. The molecule has 0 saturated carbocycles. The van der Waals surface area contributed by atoms with Crippen molar-refractivity contribution >= 4 is 23.2 Å². The van der Waals surface area contributed by atoms with E-state index >= 15 is 0 Å². The number of thiophene rings is 1. The predicted octanol–water partition coefficient (Wildman–Crippen LogP) is 1.86. The van der Waals surface area contributed by atoms with Crippen LogP contribution in [0, 0.1) is 0 Å². The molecule has 0 aliphatic heterocycles. The number of aryl methyl sites for hydroxylation is 1. The summed E-state index contributed by atoms with van der Waals surface area (Å²) >= 11 is 1.80. The van der Waals surface area contributed by atoms with Gasteiger partial charge in [0, 0.05) is 43.6 Å². The van der Waals surface area contributed by atoms with Gasteiger partial charge in [0.15, 0.2) is 5.96 Å². The second kappa shape index (κ2) is 11.9. The summed E-state index contributed by atoms with van der Waals surface area (Å²) in [5.74, 6) is 0.642. The first kappa shape index (κ1) is 20.4. The van der Waals surface area contributed by atoms with E-state index < -0.39 is 0 Å². The standard InChI is InChI=1S/C17H30N4O2S/c1-5-14-8-9-15(24-14)12-19-17(18-10-7-11-23-6-2)20-13-16(22)21(3)4/h8-9H,5-7,10-13H2,1-4H3,(H2,18,19,20). The molecular formula is C17H30N4O2S. The van der Waals surface area contributed by atoms with Gasteiger partial charge in [-0.05, 0) is 31.9 Å². The van der Waals surface area contributed by atoms with Crippen LogP contribution >= 0.6 is 11.3 Å². The van der Waals surface area contributed by atoms with Crippen molar-refractivity contribution in [3.8, 4) is 0 Å². The van der Waals surface area contributed by atoms with Crippen LogP contribution in [0.15, 0.2) is 17.1 Å². The lowest BCUT2D eigenvalue weighted by Crippen LogP contribution is -2.38. The molecule has 7 heteroatoms. The monoisotopic (exact) mass is 354 g/mol. The average molecular weight is 355 g/mol. The Balaban J connectivity index is 2.51. The van der Waals surface area contributed by atoms with E-state index in [2.05, 4.69) is 34.7 Å². The number of aliphatic imine (C=N–C) groups is 1. The number of ether oxygens (including phenoxy) is 1. The molecule has 2 N–H and O–H groups in total. The molecule has 0 aliphatic carbocycles. The van der Waals surface area contributed by atoms with E-state index in [4.69, 9.17) is 4.74 Å². The molecule has 0 radical (unpaired) electrons. The summed E-state index contributed by atoms with van der Waals surface area (Å²) in [5.41, 5.74) is 0. The lowest BCUT2D eigenvalue weighted by atomic mass is 10.3. The summed E-state index contributed by atoms with van der Waals surface area (Å²) in [7, 11) is 3.47. The third-order valence-electron chi connectivity index (χ3n) is 3.33. The number of nitrogens with one attached hydrogen (secondary N) is 2. The van der Waals surface area contributed by atoms with Gasteiger partial charge >= 0.3 is 0 Å². The molecule has 1 heterocycles. The van der Waals surface area contributed by atoms with Crippen LogP contribution in [0.25, 0.3) is 0 Å². The quantitative estimate of drug-likeness (QED) is 0.382. The fourth-order valence-electron chi connectivity index (χ4n) is 1.87. The Hall–Kier alpha value is -1.60. The minimum absolute atomic E-state index is 0.0187. The Bertz CT molecular complexity index is 514. The lowest BCUT2D eigenvalue weighted by Gasteiger charge is -2.13. The zero-order valence-electron chi connectivity index (χ0n) is 15.2. The maximum atomic E-state index is 11.7. The second-order valence-electron chi connectivity index (χ2n) is 5.51. The molecule has 0 bridgehead atoms. The van der Waals surface area contributed by atoms with Gasteiger partial charge in [-0.2, -0.15) is 0 Å². The smallest absolute Gasteiger partial charge is 0.243 e. The molecule has 1 amide bonds. The predicted molar refractivity (Wildman–Crippen MR) is 101 cm³/mol. The molecule has 1 rings (SSSR count). The Morgan fingerprint density at radius 1 is 1.25 bits per heavy atom. The number of hydrogen-bond acceptors (Lipinski definition) is 4. The summed E-state index contributed by atoms with van der Waals surface area (Å²) in [4.78, 5) is 20.3. The minimum Gasteiger partial charge on any atom is -0.382 e. The highest BCUT2D eigenvalue weighted by atomic mass is 32.1. The van der Waals surface area contributed by atoms with Gasteiger partial charge in [0.25, 0.3) is 0 Å². The van der Waals surface area contributed by atoms with Gasteiger partial charge in [0.2, 0.25) is 5.91 Å². The van der Waals surface area contributed by atoms with Gasteiger partial charge in [-0.1, -0.05) is 6.92 Å².